The van der Waals surface area contributed by atoms with Gasteiger partial charge in [0.05, 0.1) is 12.6 Å². The fraction of sp³-hybridized carbons (Fsp3) is 0.250. The summed E-state index contributed by atoms with van der Waals surface area (Å²) in [6.07, 6.45) is 0. The number of carbonyl (C=O) groups excluding carboxylic acids is 1. The van der Waals surface area contributed by atoms with Gasteiger partial charge in [-0.1, -0.05) is 0 Å². The van der Waals surface area contributed by atoms with E-state index in [1.54, 1.807) is 0 Å². The summed E-state index contributed by atoms with van der Waals surface area (Å²) in [5.41, 5.74) is 6.06. The SMILES string of the molecule is COCC(N)C(=O)c1cc2cc(F)ccc2o1. The predicted molar refractivity (Wildman–Crippen MR) is 60.4 cm³/mol. The van der Waals surface area contributed by atoms with Gasteiger partial charge >= 0.3 is 0 Å². The second kappa shape index (κ2) is 4.65. The Labute approximate surface area is 97.1 Å². The van der Waals surface area contributed by atoms with Crippen LogP contribution in [0.15, 0.2) is 28.7 Å². The van der Waals surface area contributed by atoms with Gasteiger partial charge in [0.15, 0.2) is 5.76 Å². The number of Topliss-reactive ketones (excluding diaryl/α,β-unsaturated/α-hetero) is 1. The van der Waals surface area contributed by atoms with Crippen LogP contribution in [-0.4, -0.2) is 25.5 Å². The van der Waals surface area contributed by atoms with Crippen LogP contribution in [0.4, 0.5) is 4.39 Å². The molecule has 1 atom stereocenters. The summed E-state index contributed by atoms with van der Waals surface area (Å²) in [5.74, 6) is -0.614. The van der Waals surface area contributed by atoms with Crippen LogP contribution in [0, 0.1) is 5.82 Å². The summed E-state index contributed by atoms with van der Waals surface area (Å²) in [7, 11) is 1.46. The Balaban J connectivity index is 2.33. The lowest BCUT2D eigenvalue weighted by Gasteiger charge is -2.05. The molecule has 4 nitrogen and oxygen atoms in total. The van der Waals surface area contributed by atoms with Crippen LogP contribution in [0.3, 0.4) is 0 Å². The molecule has 0 radical (unpaired) electrons. The van der Waals surface area contributed by atoms with Crippen molar-refractivity contribution in [3.8, 4) is 0 Å². The quantitative estimate of drug-likeness (QED) is 0.822. The molecule has 2 aromatic rings. The zero-order chi connectivity index (χ0) is 12.4. The third-order valence-corrected chi connectivity index (χ3v) is 2.40. The lowest BCUT2D eigenvalue weighted by Crippen LogP contribution is -2.34. The third kappa shape index (κ3) is 2.35. The number of furan rings is 1. The maximum atomic E-state index is 13.0. The van der Waals surface area contributed by atoms with Crippen LogP contribution in [0.2, 0.25) is 0 Å². The van der Waals surface area contributed by atoms with Crippen LogP contribution in [0.5, 0.6) is 0 Å². The molecule has 1 aromatic carbocycles. The first-order valence-corrected chi connectivity index (χ1v) is 5.09. The Kier molecular flexibility index (Phi) is 3.21. The van der Waals surface area contributed by atoms with Crippen LogP contribution >= 0.6 is 0 Å². The molecule has 0 spiro atoms. The summed E-state index contributed by atoms with van der Waals surface area (Å²) in [4.78, 5) is 11.8. The molecule has 0 bridgehead atoms. The monoisotopic (exact) mass is 237 g/mol. The molecule has 0 saturated carbocycles. The van der Waals surface area contributed by atoms with Gasteiger partial charge in [-0.05, 0) is 24.3 Å². The van der Waals surface area contributed by atoms with Gasteiger partial charge in [0.25, 0.3) is 0 Å². The van der Waals surface area contributed by atoms with E-state index in [0.29, 0.717) is 11.0 Å². The molecule has 1 heterocycles. The van der Waals surface area contributed by atoms with Gasteiger partial charge in [-0.3, -0.25) is 4.79 Å². The van der Waals surface area contributed by atoms with Crippen molar-refractivity contribution >= 4 is 16.8 Å². The number of halogens is 1. The van der Waals surface area contributed by atoms with Crippen molar-refractivity contribution in [1.82, 2.24) is 0 Å². The molecular formula is C12H12FNO3. The Hall–Kier alpha value is -1.72. The second-order valence-electron chi connectivity index (χ2n) is 3.72. The molecule has 0 fully saturated rings. The lowest BCUT2D eigenvalue weighted by atomic mass is 10.1. The number of hydrogen-bond donors (Lipinski definition) is 1. The average molecular weight is 237 g/mol. The first-order chi connectivity index (χ1) is 8.11. The number of benzene rings is 1. The number of carbonyl (C=O) groups is 1. The molecule has 17 heavy (non-hydrogen) atoms. The van der Waals surface area contributed by atoms with Gasteiger partial charge in [0.2, 0.25) is 5.78 Å². The number of hydrogen-bond acceptors (Lipinski definition) is 4. The molecule has 2 rings (SSSR count). The maximum absolute atomic E-state index is 13.0. The number of fused-ring (bicyclic) bond motifs is 1. The normalized spacial score (nSPS) is 12.9. The summed E-state index contributed by atoms with van der Waals surface area (Å²) < 4.78 is 23.0. The Morgan fingerprint density at radius 2 is 2.29 bits per heavy atom. The summed E-state index contributed by atoms with van der Waals surface area (Å²) in [6.45, 7) is 0.115. The number of ketones is 1. The molecular weight excluding hydrogens is 225 g/mol. The summed E-state index contributed by atoms with van der Waals surface area (Å²) in [6, 6.07) is 4.76. The Bertz CT molecular complexity index is 550. The van der Waals surface area contributed by atoms with E-state index in [0.717, 1.165) is 0 Å². The van der Waals surface area contributed by atoms with Gasteiger partial charge < -0.3 is 14.9 Å². The highest BCUT2D eigenvalue weighted by Crippen LogP contribution is 2.21. The van der Waals surface area contributed by atoms with Crippen LogP contribution in [0.25, 0.3) is 11.0 Å². The van der Waals surface area contributed by atoms with Crippen molar-refractivity contribution in [2.75, 3.05) is 13.7 Å². The van der Waals surface area contributed by atoms with Crippen LogP contribution < -0.4 is 5.73 Å². The lowest BCUT2D eigenvalue weighted by molar-refractivity contribution is 0.0867. The highest BCUT2D eigenvalue weighted by molar-refractivity contribution is 6.00. The molecule has 1 unspecified atom stereocenters. The molecule has 90 valence electrons. The van der Waals surface area contributed by atoms with E-state index in [1.807, 2.05) is 0 Å². The fourth-order valence-electron chi connectivity index (χ4n) is 1.57. The first-order valence-electron chi connectivity index (χ1n) is 5.09. The highest BCUT2D eigenvalue weighted by Gasteiger charge is 2.19. The van der Waals surface area contributed by atoms with Crippen LogP contribution in [0.1, 0.15) is 10.6 Å². The van der Waals surface area contributed by atoms with E-state index in [2.05, 4.69) is 0 Å². The van der Waals surface area contributed by atoms with E-state index >= 15 is 0 Å². The van der Waals surface area contributed by atoms with Gasteiger partial charge in [-0.2, -0.15) is 0 Å². The van der Waals surface area contributed by atoms with Crippen molar-refractivity contribution in [3.05, 3.63) is 35.8 Å². The minimum absolute atomic E-state index is 0.115. The zero-order valence-electron chi connectivity index (χ0n) is 9.27. The summed E-state index contributed by atoms with van der Waals surface area (Å²) in [5, 5.41) is 0.540. The van der Waals surface area contributed by atoms with Crippen LogP contribution in [-0.2, 0) is 4.74 Å². The number of nitrogens with two attached hydrogens (primary N) is 1. The molecule has 0 aliphatic carbocycles. The number of methoxy groups -OCH3 is 1. The molecule has 1 aromatic heterocycles. The van der Waals surface area contributed by atoms with Crippen molar-refractivity contribution in [3.63, 3.8) is 0 Å². The minimum Gasteiger partial charge on any atom is -0.453 e. The summed E-state index contributed by atoms with van der Waals surface area (Å²) >= 11 is 0. The van der Waals surface area contributed by atoms with E-state index < -0.39 is 6.04 Å². The number of rotatable bonds is 4. The van der Waals surface area contributed by atoms with E-state index in [4.69, 9.17) is 14.9 Å². The molecule has 0 saturated heterocycles. The fourth-order valence-corrected chi connectivity index (χ4v) is 1.57. The van der Waals surface area contributed by atoms with E-state index in [1.165, 1.54) is 31.4 Å². The smallest absolute Gasteiger partial charge is 0.216 e. The van der Waals surface area contributed by atoms with Gasteiger partial charge in [0, 0.05) is 12.5 Å². The third-order valence-electron chi connectivity index (χ3n) is 2.40. The van der Waals surface area contributed by atoms with E-state index in [9.17, 15) is 9.18 Å². The molecule has 0 amide bonds. The molecule has 5 heteroatoms. The van der Waals surface area contributed by atoms with Gasteiger partial charge in [-0.25, -0.2) is 4.39 Å². The van der Waals surface area contributed by atoms with Crippen molar-refractivity contribution in [1.29, 1.82) is 0 Å². The zero-order valence-corrected chi connectivity index (χ0v) is 9.27. The van der Waals surface area contributed by atoms with Crippen molar-refractivity contribution in [2.24, 2.45) is 5.73 Å². The van der Waals surface area contributed by atoms with Gasteiger partial charge in [-0.15, -0.1) is 0 Å². The number of ether oxygens (including phenoxy) is 1. The minimum atomic E-state index is -0.773. The molecule has 0 aliphatic rings. The Morgan fingerprint density at radius 1 is 1.53 bits per heavy atom. The topological polar surface area (TPSA) is 65.5 Å². The van der Waals surface area contributed by atoms with Crippen molar-refractivity contribution in [2.45, 2.75) is 6.04 Å². The highest BCUT2D eigenvalue weighted by atomic mass is 19.1. The first kappa shape index (κ1) is 11.8. The van der Waals surface area contributed by atoms with Gasteiger partial charge in [0.1, 0.15) is 11.4 Å². The van der Waals surface area contributed by atoms with Crippen molar-refractivity contribution < 1.29 is 18.3 Å². The maximum Gasteiger partial charge on any atom is 0.216 e. The largest absolute Gasteiger partial charge is 0.453 e. The molecule has 0 aliphatic heterocycles. The standard InChI is InChI=1S/C12H12FNO3/c1-16-6-9(14)12(15)11-5-7-4-8(13)2-3-10(7)17-11/h2-5,9H,6,14H2,1H3. The Morgan fingerprint density at radius 3 is 3.00 bits per heavy atom. The average Bonchev–Trinajstić information content (AvgIpc) is 2.71. The van der Waals surface area contributed by atoms with E-state index in [-0.39, 0.29) is 24.0 Å². The molecule has 2 N–H and O–H groups in total. The predicted octanol–water partition coefficient (Wildman–Crippen LogP) is 1.73. The second-order valence-corrected chi connectivity index (χ2v) is 3.72.